The average Bonchev–Trinajstić information content (AvgIpc) is 2.93. The van der Waals surface area contributed by atoms with Gasteiger partial charge in [0.05, 0.1) is 12.8 Å². The van der Waals surface area contributed by atoms with Crippen molar-refractivity contribution in [3.05, 3.63) is 109 Å². The Balaban J connectivity index is 1.39. The second-order valence-electron chi connectivity index (χ2n) is 8.35. The highest BCUT2D eigenvalue weighted by Gasteiger charge is 2.23. The molecule has 0 aliphatic carbocycles. The number of hydrogen-bond acceptors (Lipinski definition) is 6. The molecule has 0 aliphatic heterocycles. The zero-order chi connectivity index (χ0) is 26.7. The Bertz CT molecular complexity index is 1800. The van der Waals surface area contributed by atoms with Crippen molar-refractivity contribution in [1.29, 1.82) is 0 Å². The highest BCUT2D eigenvalue weighted by Crippen LogP contribution is 2.29. The monoisotopic (exact) mass is 526 g/mol. The van der Waals surface area contributed by atoms with Gasteiger partial charge in [0, 0.05) is 11.1 Å². The van der Waals surface area contributed by atoms with Gasteiger partial charge in [0.15, 0.2) is 5.75 Å². The normalized spacial score (nSPS) is 11.2. The van der Waals surface area contributed by atoms with Gasteiger partial charge in [0.25, 0.3) is 0 Å². The Kier molecular flexibility index (Phi) is 6.68. The Morgan fingerprint density at radius 1 is 0.711 bits per heavy atom. The molecule has 9 heteroatoms. The Hall–Kier alpha value is -4.89. The second-order valence-corrected chi connectivity index (χ2v) is 9.90. The van der Waals surface area contributed by atoms with E-state index in [1.807, 2.05) is 48.5 Å². The lowest BCUT2D eigenvalue weighted by Gasteiger charge is -2.14. The first kappa shape index (κ1) is 24.8. The Labute approximate surface area is 218 Å². The van der Waals surface area contributed by atoms with E-state index in [9.17, 15) is 18.0 Å². The highest BCUT2D eigenvalue weighted by molar-refractivity contribution is 7.87. The number of nitrogens with one attached hydrogen (secondary N) is 2. The van der Waals surface area contributed by atoms with Crippen molar-refractivity contribution in [3.63, 3.8) is 0 Å². The maximum atomic E-state index is 13.0. The van der Waals surface area contributed by atoms with Crippen molar-refractivity contribution < 1.29 is 26.9 Å². The summed E-state index contributed by atoms with van der Waals surface area (Å²) in [6, 6.07) is 28.5. The molecule has 2 amide bonds. The molecule has 0 saturated heterocycles. The molecule has 0 radical (unpaired) electrons. The van der Waals surface area contributed by atoms with Gasteiger partial charge < -0.3 is 19.6 Å². The zero-order valence-electron chi connectivity index (χ0n) is 20.2. The molecule has 0 aromatic heterocycles. The molecule has 0 saturated carbocycles. The van der Waals surface area contributed by atoms with Crippen molar-refractivity contribution in [2.24, 2.45) is 0 Å². The first-order chi connectivity index (χ1) is 18.3. The molecule has 0 bridgehead atoms. The lowest BCUT2D eigenvalue weighted by Crippen LogP contribution is -2.20. The minimum absolute atomic E-state index is 0.0660. The van der Waals surface area contributed by atoms with Crippen LogP contribution in [-0.4, -0.2) is 27.5 Å². The number of methoxy groups -OCH3 is 1. The molecule has 0 aliphatic rings. The van der Waals surface area contributed by atoms with E-state index in [4.69, 9.17) is 8.92 Å². The predicted molar refractivity (Wildman–Crippen MR) is 146 cm³/mol. The van der Waals surface area contributed by atoms with E-state index in [0.717, 1.165) is 28.7 Å². The van der Waals surface area contributed by atoms with E-state index in [2.05, 4.69) is 10.6 Å². The molecule has 38 heavy (non-hydrogen) atoms. The number of hydrogen-bond donors (Lipinski definition) is 2. The van der Waals surface area contributed by atoms with Crippen LogP contribution in [0.25, 0.3) is 21.5 Å². The summed E-state index contributed by atoms with van der Waals surface area (Å²) in [5.41, 5.74) is 0.675. The molecule has 0 spiro atoms. The maximum absolute atomic E-state index is 13.0. The van der Waals surface area contributed by atoms with E-state index in [-0.39, 0.29) is 21.9 Å². The van der Waals surface area contributed by atoms with Gasteiger partial charge in [0.2, 0.25) is 0 Å². The molecule has 5 rings (SSSR count). The van der Waals surface area contributed by atoms with Crippen molar-refractivity contribution >= 4 is 55.0 Å². The van der Waals surface area contributed by atoms with E-state index >= 15 is 0 Å². The first-order valence-electron chi connectivity index (χ1n) is 11.6. The van der Waals surface area contributed by atoms with Crippen LogP contribution in [0.5, 0.6) is 5.75 Å². The van der Waals surface area contributed by atoms with E-state index < -0.39 is 22.1 Å². The largest absolute Gasteiger partial charge is 0.465 e. The Morgan fingerprint density at radius 3 is 2.21 bits per heavy atom. The molecule has 190 valence electrons. The smallest absolute Gasteiger partial charge is 0.341 e. The summed E-state index contributed by atoms with van der Waals surface area (Å²) in [4.78, 5) is 25.1. The molecular weight excluding hydrogens is 504 g/mol. The van der Waals surface area contributed by atoms with Gasteiger partial charge in [-0.05, 0) is 52.6 Å². The summed E-state index contributed by atoms with van der Waals surface area (Å²) in [7, 11) is -3.11. The van der Waals surface area contributed by atoms with Crippen LogP contribution in [0.3, 0.4) is 0 Å². The van der Waals surface area contributed by atoms with Gasteiger partial charge >= 0.3 is 22.1 Å². The first-order valence-corrected chi connectivity index (χ1v) is 13.0. The molecule has 8 nitrogen and oxygen atoms in total. The lowest BCUT2D eigenvalue weighted by atomic mass is 10.1. The number of rotatable bonds is 6. The fraction of sp³-hybridized carbons (Fsp3) is 0.0345. The summed E-state index contributed by atoms with van der Waals surface area (Å²) in [5.74, 6) is -1.06. The molecule has 0 unspecified atom stereocenters. The van der Waals surface area contributed by atoms with Gasteiger partial charge in [0.1, 0.15) is 10.5 Å². The predicted octanol–water partition coefficient (Wildman–Crippen LogP) is 6.19. The van der Waals surface area contributed by atoms with Crippen LogP contribution >= 0.6 is 0 Å². The summed E-state index contributed by atoms with van der Waals surface area (Å²) in [6.07, 6.45) is 0. The summed E-state index contributed by atoms with van der Waals surface area (Å²) >= 11 is 0. The fourth-order valence-electron chi connectivity index (χ4n) is 4.06. The molecule has 5 aromatic rings. The van der Waals surface area contributed by atoms with Gasteiger partial charge in [-0.1, -0.05) is 66.7 Å². The number of benzene rings is 5. The number of anilines is 2. The molecule has 5 aromatic carbocycles. The fourth-order valence-corrected chi connectivity index (χ4v) is 5.04. The van der Waals surface area contributed by atoms with Crippen LogP contribution in [0, 0.1) is 0 Å². The zero-order valence-corrected chi connectivity index (χ0v) is 21.0. The number of urea groups is 1. The minimum Gasteiger partial charge on any atom is -0.465 e. The van der Waals surface area contributed by atoms with Crippen LogP contribution in [-0.2, 0) is 14.9 Å². The summed E-state index contributed by atoms with van der Waals surface area (Å²) < 4.78 is 36.2. The van der Waals surface area contributed by atoms with Crippen LogP contribution < -0.4 is 14.8 Å². The number of carbonyl (C=O) groups excluding carboxylic acids is 2. The third kappa shape index (κ3) is 5.14. The third-order valence-electron chi connectivity index (χ3n) is 5.89. The van der Waals surface area contributed by atoms with Crippen LogP contribution in [0.15, 0.2) is 108 Å². The third-order valence-corrected chi connectivity index (χ3v) is 7.12. The summed E-state index contributed by atoms with van der Waals surface area (Å²) in [5, 5.41) is 8.87. The lowest BCUT2D eigenvalue weighted by molar-refractivity contribution is 0.0599. The molecule has 0 fully saturated rings. The molecule has 0 heterocycles. The topological polar surface area (TPSA) is 111 Å². The molecule has 2 N–H and O–H groups in total. The van der Waals surface area contributed by atoms with E-state index in [1.54, 1.807) is 24.3 Å². The number of ether oxygens (including phenoxy) is 1. The molecular formula is C29H22N2O6S. The second kappa shape index (κ2) is 10.2. The van der Waals surface area contributed by atoms with Crippen LogP contribution in [0.2, 0.25) is 0 Å². The minimum atomic E-state index is -4.27. The van der Waals surface area contributed by atoms with Gasteiger partial charge in [-0.2, -0.15) is 8.42 Å². The quantitative estimate of drug-likeness (QED) is 0.202. The number of carbonyl (C=O) groups is 2. The standard InChI is InChI=1S/C29H22N2O6S/c1-36-28(32)25-18-22(30-29(33)31-26-12-6-10-20-8-4-5-11-24(20)26)14-16-27(25)37-38(34,35)23-15-13-19-7-2-3-9-21(19)17-23/h2-18H,1H3,(H2,30,31,33). The average molecular weight is 527 g/mol. The van der Waals surface area contributed by atoms with Crippen LogP contribution in [0.4, 0.5) is 16.2 Å². The van der Waals surface area contributed by atoms with Crippen molar-refractivity contribution in [1.82, 2.24) is 0 Å². The van der Waals surface area contributed by atoms with E-state index in [0.29, 0.717) is 5.69 Å². The van der Waals surface area contributed by atoms with Crippen LogP contribution in [0.1, 0.15) is 10.4 Å². The number of amides is 2. The van der Waals surface area contributed by atoms with Crippen molar-refractivity contribution in [2.45, 2.75) is 4.90 Å². The Morgan fingerprint density at radius 2 is 1.42 bits per heavy atom. The SMILES string of the molecule is COC(=O)c1cc(NC(=O)Nc2cccc3ccccc23)ccc1OS(=O)(=O)c1ccc2ccccc2c1. The van der Waals surface area contributed by atoms with Gasteiger partial charge in [-0.3, -0.25) is 0 Å². The van der Waals surface area contributed by atoms with Crippen molar-refractivity contribution in [3.8, 4) is 5.75 Å². The number of esters is 1. The summed E-state index contributed by atoms with van der Waals surface area (Å²) in [6.45, 7) is 0. The van der Waals surface area contributed by atoms with E-state index in [1.165, 1.54) is 30.3 Å². The van der Waals surface area contributed by atoms with Crippen molar-refractivity contribution in [2.75, 3.05) is 17.7 Å². The van der Waals surface area contributed by atoms with Gasteiger partial charge in [-0.15, -0.1) is 0 Å². The highest BCUT2D eigenvalue weighted by atomic mass is 32.2. The number of fused-ring (bicyclic) bond motifs is 2. The molecule has 0 atom stereocenters. The maximum Gasteiger partial charge on any atom is 0.341 e. The van der Waals surface area contributed by atoms with Gasteiger partial charge in [-0.25, -0.2) is 9.59 Å².